The van der Waals surface area contributed by atoms with Crippen LogP contribution in [0.2, 0.25) is 0 Å². The van der Waals surface area contributed by atoms with Gasteiger partial charge in [-0.25, -0.2) is 4.79 Å². The number of benzene rings is 3. The van der Waals surface area contributed by atoms with Crippen molar-refractivity contribution < 1.29 is 24.2 Å². The molecule has 1 aliphatic rings. The summed E-state index contributed by atoms with van der Waals surface area (Å²) in [7, 11) is 1.58. The number of fused-ring (bicyclic) bond motifs is 1. The molecule has 0 saturated carbocycles. The Labute approximate surface area is 218 Å². The second-order valence-corrected chi connectivity index (χ2v) is 10.2. The fourth-order valence-corrected chi connectivity index (χ4v) is 4.62. The first-order valence-electron chi connectivity index (χ1n) is 11.4. The first kappa shape index (κ1) is 25.5. The summed E-state index contributed by atoms with van der Waals surface area (Å²) in [6, 6.07) is 19.7. The molecular weight excluding hydrogens is 522 g/mol. The van der Waals surface area contributed by atoms with Gasteiger partial charge in [0.1, 0.15) is 12.4 Å². The molecule has 1 aliphatic heterocycles. The fraction of sp³-hybridized carbons (Fsp3) is 0.241. The number of methoxy groups -OCH3 is 1. The fourth-order valence-electron chi connectivity index (χ4n) is 4.28. The number of rotatable bonds is 6. The molecule has 0 saturated heterocycles. The number of anilines is 1. The minimum Gasteiger partial charge on any atom is -0.496 e. The Bertz CT molecular complexity index is 1370. The smallest absolute Gasteiger partial charge is 0.338 e. The van der Waals surface area contributed by atoms with Crippen molar-refractivity contribution in [1.82, 2.24) is 0 Å². The molecule has 0 aliphatic carbocycles. The van der Waals surface area contributed by atoms with Crippen molar-refractivity contribution in [2.24, 2.45) is 0 Å². The number of cyclic esters (lactones) is 1. The summed E-state index contributed by atoms with van der Waals surface area (Å²) in [5.74, 6) is 5.36. The highest BCUT2D eigenvalue weighted by molar-refractivity contribution is 9.10. The molecule has 0 radical (unpaired) electrons. The van der Waals surface area contributed by atoms with Crippen LogP contribution in [-0.4, -0.2) is 29.7 Å². The number of amides is 1. The number of esters is 1. The maximum atomic E-state index is 13.5. The third-order valence-corrected chi connectivity index (χ3v) is 6.59. The number of carbonyl (C=O) groups is 2. The van der Waals surface area contributed by atoms with E-state index in [0.29, 0.717) is 28.1 Å². The Balaban J connectivity index is 1.69. The van der Waals surface area contributed by atoms with Crippen LogP contribution < -0.4 is 10.1 Å². The number of carbonyl (C=O) groups excluding carboxylic acids is 2. The Morgan fingerprint density at radius 3 is 2.61 bits per heavy atom. The van der Waals surface area contributed by atoms with Gasteiger partial charge in [0.25, 0.3) is 5.91 Å². The third kappa shape index (κ3) is 5.46. The molecule has 1 heterocycles. The Morgan fingerprint density at radius 2 is 1.89 bits per heavy atom. The summed E-state index contributed by atoms with van der Waals surface area (Å²) >= 11 is 3.46. The highest BCUT2D eigenvalue weighted by Crippen LogP contribution is 2.39. The molecule has 184 valence electrons. The molecule has 0 bridgehead atoms. The lowest BCUT2D eigenvalue weighted by molar-refractivity contribution is -0.130. The number of hydrogen-bond acceptors (Lipinski definition) is 5. The van der Waals surface area contributed by atoms with Crippen LogP contribution in [0.1, 0.15) is 47.3 Å². The molecular formula is C29H26BrNO5. The van der Waals surface area contributed by atoms with Gasteiger partial charge in [-0.1, -0.05) is 65.9 Å². The van der Waals surface area contributed by atoms with Gasteiger partial charge in [0.15, 0.2) is 0 Å². The lowest BCUT2D eigenvalue weighted by Gasteiger charge is -2.33. The molecule has 7 heteroatoms. The predicted molar refractivity (Wildman–Crippen MR) is 141 cm³/mol. The van der Waals surface area contributed by atoms with E-state index in [9.17, 15) is 14.7 Å². The van der Waals surface area contributed by atoms with Gasteiger partial charge in [-0.05, 0) is 53.4 Å². The monoisotopic (exact) mass is 547 g/mol. The van der Waals surface area contributed by atoms with Gasteiger partial charge in [-0.15, -0.1) is 0 Å². The molecule has 1 amide bonds. The van der Waals surface area contributed by atoms with Crippen LogP contribution in [0, 0.1) is 11.8 Å². The van der Waals surface area contributed by atoms with Crippen LogP contribution >= 0.6 is 15.9 Å². The summed E-state index contributed by atoms with van der Waals surface area (Å²) in [5.41, 5.74) is 0.359. The summed E-state index contributed by atoms with van der Waals surface area (Å²) < 4.78 is 11.5. The average Bonchev–Trinajstić information content (AvgIpc) is 3.22. The zero-order chi connectivity index (χ0) is 25.9. The van der Waals surface area contributed by atoms with Crippen molar-refractivity contribution in [2.45, 2.75) is 37.9 Å². The van der Waals surface area contributed by atoms with Gasteiger partial charge in [0.2, 0.25) is 5.60 Å². The van der Waals surface area contributed by atoms with Crippen molar-refractivity contribution >= 4 is 33.5 Å². The Hall–Kier alpha value is -3.60. The molecule has 0 aromatic heterocycles. The lowest BCUT2D eigenvalue weighted by atomic mass is 9.74. The van der Waals surface area contributed by atoms with Gasteiger partial charge >= 0.3 is 5.97 Å². The number of nitrogens with one attached hydrogen (secondary N) is 1. The van der Waals surface area contributed by atoms with E-state index >= 15 is 0 Å². The van der Waals surface area contributed by atoms with Crippen molar-refractivity contribution in [3.8, 4) is 17.6 Å². The molecule has 3 aromatic carbocycles. The zero-order valence-electron chi connectivity index (χ0n) is 20.2. The quantitative estimate of drug-likeness (QED) is 0.326. The molecule has 36 heavy (non-hydrogen) atoms. The van der Waals surface area contributed by atoms with Crippen LogP contribution in [0.3, 0.4) is 0 Å². The second kappa shape index (κ2) is 10.2. The maximum absolute atomic E-state index is 13.5. The zero-order valence-corrected chi connectivity index (χ0v) is 21.8. The third-order valence-electron chi connectivity index (χ3n) is 6.10. The standard InChI is InChI=1S/C29H26BrNO5/c1-28(2,24-12-9-21(30)16-25(24)35-3)18-29(34,14-13-19-7-5-4-6-8-19)27(33)31-22-10-11-23-20(15-22)17-36-26(23)32/h4-12,15-16,34H,17-18H2,1-3H3,(H,31,33). The normalized spacial score (nSPS) is 14.1. The number of hydrogen-bond donors (Lipinski definition) is 2. The highest BCUT2D eigenvalue weighted by Gasteiger charge is 2.42. The molecule has 4 rings (SSSR count). The van der Waals surface area contributed by atoms with E-state index in [1.54, 1.807) is 25.3 Å². The van der Waals surface area contributed by atoms with E-state index in [0.717, 1.165) is 10.0 Å². The van der Waals surface area contributed by atoms with E-state index in [1.165, 1.54) is 0 Å². The number of halogens is 1. The molecule has 2 N–H and O–H groups in total. The van der Waals surface area contributed by atoms with Gasteiger partial charge in [0.05, 0.1) is 12.7 Å². The van der Waals surface area contributed by atoms with Crippen molar-refractivity contribution in [1.29, 1.82) is 0 Å². The summed E-state index contributed by atoms with van der Waals surface area (Å²) in [6.45, 7) is 4.01. The van der Waals surface area contributed by atoms with Crippen LogP contribution in [0.5, 0.6) is 5.75 Å². The van der Waals surface area contributed by atoms with Crippen LogP contribution in [0.15, 0.2) is 71.2 Å². The predicted octanol–water partition coefficient (Wildman–Crippen LogP) is 5.22. The Kier molecular flexibility index (Phi) is 7.21. The first-order chi connectivity index (χ1) is 17.1. The molecule has 1 atom stereocenters. The molecule has 1 unspecified atom stereocenters. The van der Waals surface area contributed by atoms with E-state index in [4.69, 9.17) is 9.47 Å². The summed E-state index contributed by atoms with van der Waals surface area (Å²) in [4.78, 5) is 25.3. The van der Waals surface area contributed by atoms with Crippen LogP contribution in [0.4, 0.5) is 5.69 Å². The van der Waals surface area contributed by atoms with E-state index in [-0.39, 0.29) is 13.0 Å². The molecule has 6 nitrogen and oxygen atoms in total. The maximum Gasteiger partial charge on any atom is 0.338 e. The number of ether oxygens (including phenoxy) is 2. The SMILES string of the molecule is COc1cc(Br)ccc1C(C)(C)CC(O)(C#Cc1ccccc1)C(=O)Nc1ccc2c(c1)COC2=O. The average molecular weight is 548 g/mol. The van der Waals surface area contributed by atoms with Crippen LogP contribution in [0.25, 0.3) is 0 Å². The van der Waals surface area contributed by atoms with E-state index < -0.39 is 22.9 Å². The minimum absolute atomic E-state index is 0.00377. The molecule has 0 spiro atoms. The van der Waals surface area contributed by atoms with Crippen LogP contribution in [-0.2, 0) is 21.6 Å². The lowest BCUT2D eigenvalue weighted by Crippen LogP contribution is -2.46. The van der Waals surface area contributed by atoms with Crippen molar-refractivity contribution in [3.05, 3.63) is 93.5 Å². The molecule has 3 aromatic rings. The second-order valence-electron chi connectivity index (χ2n) is 9.28. The summed E-state index contributed by atoms with van der Waals surface area (Å²) in [5, 5.41) is 14.5. The Morgan fingerprint density at radius 1 is 1.14 bits per heavy atom. The van der Waals surface area contributed by atoms with Crippen molar-refractivity contribution in [3.63, 3.8) is 0 Å². The topological polar surface area (TPSA) is 84.9 Å². The molecule has 0 fully saturated rings. The van der Waals surface area contributed by atoms with E-state index in [1.807, 2.05) is 62.4 Å². The van der Waals surface area contributed by atoms with Gasteiger partial charge < -0.3 is 19.9 Å². The first-order valence-corrected chi connectivity index (χ1v) is 12.2. The van der Waals surface area contributed by atoms with E-state index in [2.05, 4.69) is 33.1 Å². The minimum atomic E-state index is -2.04. The van der Waals surface area contributed by atoms with Gasteiger partial charge in [-0.2, -0.15) is 0 Å². The van der Waals surface area contributed by atoms with Gasteiger partial charge in [-0.3, -0.25) is 4.79 Å². The van der Waals surface area contributed by atoms with Gasteiger partial charge in [0, 0.05) is 27.7 Å². The largest absolute Gasteiger partial charge is 0.496 e. The van der Waals surface area contributed by atoms with Crippen molar-refractivity contribution in [2.75, 3.05) is 12.4 Å². The number of aliphatic hydroxyl groups is 1. The summed E-state index contributed by atoms with van der Waals surface area (Å²) in [6.07, 6.45) is -0.00377. The highest BCUT2D eigenvalue weighted by atomic mass is 79.9.